The molecule has 18 heavy (non-hydrogen) atoms. The molecule has 1 heterocycles. The van der Waals surface area contributed by atoms with Crippen molar-refractivity contribution in [3.63, 3.8) is 0 Å². The normalized spacial score (nSPS) is 24.7. The summed E-state index contributed by atoms with van der Waals surface area (Å²) < 4.78 is 0. The second kappa shape index (κ2) is 6.64. The molecule has 2 N–H and O–H groups in total. The van der Waals surface area contributed by atoms with E-state index in [9.17, 15) is 0 Å². The van der Waals surface area contributed by atoms with Gasteiger partial charge in [0, 0.05) is 17.5 Å². The number of thiazole rings is 1. The molecule has 0 aromatic carbocycles. The Morgan fingerprint density at radius 3 is 2.83 bits per heavy atom. The monoisotopic (exact) mass is 267 g/mol. The molecule has 0 radical (unpaired) electrons. The molecule has 0 aliphatic heterocycles. The molecule has 0 bridgehead atoms. The maximum Gasteiger partial charge on any atom is 0.0798 e. The van der Waals surface area contributed by atoms with Crippen molar-refractivity contribution >= 4 is 11.3 Å². The van der Waals surface area contributed by atoms with Crippen LogP contribution in [0.3, 0.4) is 0 Å². The minimum Gasteiger partial charge on any atom is -0.330 e. The molecule has 0 saturated heterocycles. The lowest BCUT2D eigenvalue weighted by atomic mass is 9.83. The lowest BCUT2D eigenvalue weighted by Gasteiger charge is -2.39. The standard InChI is InChI=1S/C14H25N3S/c1-3-17(9-14-11(2)16-10-18-14)13-7-5-4-6-12(13)8-15/h10,12-13H,3-9,15H2,1-2H3. The smallest absolute Gasteiger partial charge is 0.0798 e. The number of rotatable bonds is 5. The Morgan fingerprint density at radius 2 is 2.22 bits per heavy atom. The highest BCUT2D eigenvalue weighted by Gasteiger charge is 2.28. The fraction of sp³-hybridized carbons (Fsp3) is 0.786. The lowest BCUT2D eigenvalue weighted by Crippen LogP contribution is -2.44. The first kappa shape index (κ1) is 14.0. The quantitative estimate of drug-likeness (QED) is 0.892. The van der Waals surface area contributed by atoms with Gasteiger partial charge in [0.2, 0.25) is 0 Å². The molecular weight excluding hydrogens is 242 g/mol. The molecule has 2 unspecified atom stereocenters. The van der Waals surface area contributed by atoms with E-state index in [0.29, 0.717) is 12.0 Å². The Morgan fingerprint density at radius 1 is 1.44 bits per heavy atom. The molecule has 0 spiro atoms. The van der Waals surface area contributed by atoms with Crippen LogP contribution in [0.25, 0.3) is 0 Å². The molecule has 1 aromatic rings. The van der Waals surface area contributed by atoms with Crippen LogP contribution in [0.4, 0.5) is 0 Å². The lowest BCUT2D eigenvalue weighted by molar-refractivity contribution is 0.106. The van der Waals surface area contributed by atoms with Gasteiger partial charge in [-0.15, -0.1) is 11.3 Å². The van der Waals surface area contributed by atoms with Gasteiger partial charge in [-0.1, -0.05) is 19.8 Å². The van der Waals surface area contributed by atoms with Crippen molar-refractivity contribution in [2.24, 2.45) is 11.7 Å². The fourth-order valence-electron chi connectivity index (χ4n) is 3.07. The van der Waals surface area contributed by atoms with Crippen LogP contribution in [0, 0.1) is 12.8 Å². The first-order valence-corrected chi connectivity index (χ1v) is 7.97. The third-order valence-electron chi connectivity index (χ3n) is 4.24. The molecule has 2 rings (SSSR count). The Balaban J connectivity index is 2.05. The van der Waals surface area contributed by atoms with Gasteiger partial charge in [0.25, 0.3) is 0 Å². The van der Waals surface area contributed by atoms with Gasteiger partial charge in [0.1, 0.15) is 0 Å². The van der Waals surface area contributed by atoms with E-state index < -0.39 is 0 Å². The second-order valence-electron chi connectivity index (χ2n) is 5.27. The molecule has 1 aliphatic carbocycles. The van der Waals surface area contributed by atoms with Crippen molar-refractivity contribution in [2.75, 3.05) is 13.1 Å². The van der Waals surface area contributed by atoms with E-state index >= 15 is 0 Å². The van der Waals surface area contributed by atoms with Gasteiger partial charge < -0.3 is 5.73 Å². The number of nitrogens with zero attached hydrogens (tertiary/aromatic N) is 2. The van der Waals surface area contributed by atoms with Crippen LogP contribution >= 0.6 is 11.3 Å². The van der Waals surface area contributed by atoms with E-state index in [2.05, 4.69) is 23.7 Å². The molecule has 1 saturated carbocycles. The van der Waals surface area contributed by atoms with Crippen molar-refractivity contribution in [1.82, 2.24) is 9.88 Å². The summed E-state index contributed by atoms with van der Waals surface area (Å²) in [4.78, 5) is 8.38. The van der Waals surface area contributed by atoms with Gasteiger partial charge >= 0.3 is 0 Å². The summed E-state index contributed by atoms with van der Waals surface area (Å²) in [5.74, 6) is 0.687. The summed E-state index contributed by atoms with van der Waals surface area (Å²) in [6, 6.07) is 0.676. The van der Waals surface area contributed by atoms with Crippen LogP contribution in [0.2, 0.25) is 0 Å². The summed E-state index contributed by atoms with van der Waals surface area (Å²) >= 11 is 1.78. The van der Waals surface area contributed by atoms with E-state index in [1.165, 1.54) is 36.3 Å². The third-order valence-corrected chi connectivity index (χ3v) is 5.16. The highest BCUT2D eigenvalue weighted by atomic mass is 32.1. The van der Waals surface area contributed by atoms with Gasteiger partial charge in [0.15, 0.2) is 0 Å². The molecule has 3 nitrogen and oxygen atoms in total. The SMILES string of the molecule is CCN(Cc1scnc1C)C1CCCCC1CN. The molecule has 1 aromatic heterocycles. The number of hydrogen-bond donors (Lipinski definition) is 1. The summed E-state index contributed by atoms with van der Waals surface area (Å²) in [6.45, 7) is 7.37. The van der Waals surface area contributed by atoms with Crippen LogP contribution in [0.1, 0.15) is 43.2 Å². The maximum atomic E-state index is 5.95. The average Bonchev–Trinajstić information content (AvgIpc) is 2.81. The van der Waals surface area contributed by atoms with Crippen molar-refractivity contribution in [3.8, 4) is 0 Å². The van der Waals surface area contributed by atoms with Crippen molar-refractivity contribution in [2.45, 2.75) is 52.1 Å². The largest absolute Gasteiger partial charge is 0.330 e. The Hall–Kier alpha value is -0.450. The summed E-state index contributed by atoms with van der Waals surface area (Å²) in [7, 11) is 0. The minimum atomic E-state index is 0.676. The highest BCUT2D eigenvalue weighted by Crippen LogP contribution is 2.29. The molecule has 1 aliphatic rings. The van der Waals surface area contributed by atoms with Gasteiger partial charge in [-0.3, -0.25) is 4.90 Å². The molecular formula is C14H25N3S. The van der Waals surface area contributed by atoms with Gasteiger partial charge in [-0.2, -0.15) is 0 Å². The Kier molecular flexibility index (Phi) is 5.15. The number of hydrogen-bond acceptors (Lipinski definition) is 4. The van der Waals surface area contributed by atoms with E-state index in [1.54, 1.807) is 11.3 Å². The number of aromatic nitrogens is 1. The molecule has 4 heteroatoms. The molecule has 1 fully saturated rings. The minimum absolute atomic E-state index is 0.676. The molecule has 0 amide bonds. The first-order valence-electron chi connectivity index (χ1n) is 7.09. The predicted molar refractivity (Wildman–Crippen MR) is 77.7 cm³/mol. The second-order valence-corrected chi connectivity index (χ2v) is 6.21. The first-order chi connectivity index (χ1) is 8.76. The highest BCUT2D eigenvalue weighted by molar-refractivity contribution is 7.09. The third kappa shape index (κ3) is 3.11. The summed E-state index contributed by atoms with van der Waals surface area (Å²) in [5.41, 5.74) is 9.10. The topological polar surface area (TPSA) is 42.2 Å². The van der Waals surface area contributed by atoms with Crippen LogP contribution in [0.15, 0.2) is 5.51 Å². The Bertz CT molecular complexity index is 364. The van der Waals surface area contributed by atoms with Gasteiger partial charge in [-0.25, -0.2) is 4.98 Å². The number of nitrogens with two attached hydrogens (primary N) is 1. The van der Waals surface area contributed by atoms with E-state index in [-0.39, 0.29) is 0 Å². The van der Waals surface area contributed by atoms with Gasteiger partial charge in [-0.05, 0) is 38.8 Å². The van der Waals surface area contributed by atoms with Crippen molar-refractivity contribution in [1.29, 1.82) is 0 Å². The molecule has 2 atom stereocenters. The Labute approximate surface area is 114 Å². The van der Waals surface area contributed by atoms with E-state index in [1.807, 2.05) is 5.51 Å². The van der Waals surface area contributed by atoms with Crippen LogP contribution in [0.5, 0.6) is 0 Å². The van der Waals surface area contributed by atoms with Crippen LogP contribution < -0.4 is 5.73 Å². The predicted octanol–water partition coefficient (Wildman–Crippen LogP) is 2.79. The van der Waals surface area contributed by atoms with Crippen molar-refractivity contribution in [3.05, 3.63) is 16.1 Å². The summed E-state index contributed by atoms with van der Waals surface area (Å²) in [6.07, 6.45) is 5.34. The summed E-state index contributed by atoms with van der Waals surface area (Å²) in [5, 5.41) is 0. The van der Waals surface area contributed by atoms with E-state index in [4.69, 9.17) is 5.73 Å². The zero-order valence-corrected chi connectivity index (χ0v) is 12.4. The zero-order valence-electron chi connectivity index (χ0n) is 11.6. The van der Waals surface area contributed by atoms with Gasteiger partial charge in [0.05, 0.1) is 11.2 Å². The van der Waals surface area contributed by atoms with Crippen molar-refractivity contribution < 1.29 is 0 Å². The average molecular weight is 267 g/mol. The fourth-order valence-corrected chi connectivity index (χ4v) is 3.87. The number of aryl methyl sites for hydroxylation is 1. The van der Waals surface area contributed by atoms with E-state index in [0.717, 1.165) is 19.6 Å². The van der Waals surface area contributed by atoms with Crippen LogP contribution in [-0.4, -0.2) is 29.0 Å². The maximum absolute atomic E-state index is 5.95. The van der Waals surface area contributed by atoms with Crippen LogP contribution in [-0.2, 0) is 6.54 Å². The zero-order chi connectivity index (χ0) is 13.0. The molecule has 102 valence electrons.